The summed E-state index contributed by atoms with van der Waals surface area (Å²) >= 11 is 0. The van der Waals surface area contributed by atoms with E-state index in [2.05, 4.69) is 10.2 Å². The maximum atomic E-state index is 11.2. The molecule has 2 heterocycles. The van der Waals surface area contributed by atoms with Crippen LogP contribution < -0.4 is 5.32 Å². The van der Waals surface area contributed by atoms with E-state index >= 15 is 0 Å². The number of hydrogen-bond donors (Lipinski definition) is 2. The van der Waals surface area contributed by atoms with Gasteiger partial charge in [0.1, 0.15) is 0 Å². The van der Waals surface area contributed by atoms with Gasteiger partial charge in [-0.15, -0.1) is 0 Å². The molecule has 2 rings (SSSR count). The molecular formula is C12H23N3O2. The molecule has 0 aromatic heterocycles. The molecule has 2 saturated heterocycles. The van der Waals surface area contributed by atoms with E-state index in [1.165, 1.54) is 0 Å². The maximum absolute atomic E-state index is 11.2. The number of nitrogens with one attached hydrogen (secondary N) is 1. The van der Waals surface area contributed by atoms with Crippen LogP contribution in [-0.2, 0) is 4.79 Å². The quantitative estimate of drug-likeness (QED) is 0.674. The van der Waals surface area contributed by atoms with Gasteiger partial charge in [0.25, 0.3) is 0 Å². The van der Waals surface area contributed by atoms with Crippen molar-refractivity contribution in [3.8, 4) is 0 Å². The number of carbonyl (C=O) groups excluding carboxylic acids is 1. The number of β-amino-alcohol motifs (C(OH)–C–C–N with tert-alkyl or cyclic N) is 1. The van der Waals surface area contributed by atoms with E-state index in [4.69, 9.17) is 0 Å². The van der Waals surface area contributed by atoms with E-state index < -0.39 is 0 Å². The van der Waals surface area contributed by atoms with Crippen molar-refractivity contribution in [1.29, 1.82) is 0 Å². The van der Waals surface area contributed by atoms with E-state index in [1.54, 1.807) is 6.92 Å². The van der Waals surface area contributed by atoms with Gasteiger partial charge in [0.15, 0.2) is 0 Å². The molecule has 5 heteroatoms. The van der Waals surface area contributed by atoms with Crippen LogP contribution in [0.25, 0.3) is 0 Å². The van der Waals surface area contributed by atoms with Gasteiger partial charge in [-0.2, -0.15) is 0 Å². The van der Waals surface area contributed by atoms with Gasteiger partial charge in [0.2, 0.25) is 5.91 Å². The van der Waals surface area contributed by atoms with Crippen LogP contribution in [0, 0.1) is 5.92 Å². The van der Waals surface area contributed by atoms with Crippen molar-refractivity contribution in [2.24, 2.45) is 5.92 Å². The molecule has 2 atom stereocenters. The molecular weight excluding hydrogens is 218 g/mol. The Balaban J connectivity index is 1.72. The summed E-state index contributed by atoms with van der Waals surface area (Å²) in [6.45, 7) is 7.70. The Morgan fingerprint density at radius 1 is 1.41 bits per heavy atom. The minimum atomic E-state index is -0.228. The standard InChI is InChI=1S/C12H23N3O2/c1-10(16)15-6-4-14(5-7-15)9-12(17)11-2-3-13-8-11/h11-13,17H,2-9H2,1H3. The predicted molar refractivity (Wildman–Crippen MR) is 65.7 cm³/mol. The van der Waals surface area contributed by atoms with Crippen LogP contribution in [0.1, 0.15) is 13.3 Å². The molecule has 0 bridgehead atoms. The Morgan fingerprint density at radius 2 is 2.12 bits per heavy atom. The first-order valence-electron chi connectivity index (χ1n) is 6.53. The van der Waals surface area contributed by atoms with Gasteiger partial charge in [-0.1, -0.05) is 0 Å². The van der Waals surface area contributed by atoms with Crippen LogP contribution in [0.2, 0.25) is 0 Å². The minimum Gasteiger partial charge on any atom is -0.391 e. The zero-order valence-electron chi connectivity index (χ0n) is 10.6. The Labute approximate surface area is 103 Å². The summed E-state index contributed by atoms with van der Waals surface area (Å²) in [5, 5.41) is 13.4. The highest BCUT2D eigenvalue weighted by Crippen LogP contribution is 2.14. The largest absolute Gasteiger partial charge is 0.391 e. The topological polar surface area (TPSA) is 55.8 Å². The highest BCUT2D eigenvalue weighted by Gasteiger charge is 2.26. The van der Waals surface area contributed by atoms with Gasteiger partial charge >= 0.3 is 0 Å². The lowest BCUT2D eigenvalue weighted by Crippen LogP contribution is -2.50. The van der Waals surface area contributed by atoms with Crippen LogP contribution in [0.5, 0.6) is 0 Å². The summed E-state index contributed by atoms with van der Waals surface area (Å²) in [7, 11) is 0. The predicted octanol–water partition coefficient (Wildman–Crippen LogP) is -0.879. The van der Waals surface area contributed by atoms with Gasteiger partial charge in [0.05, 0.1) is 6.10 Å². The molecule has 2 N–H and O–H groups in total. The van der Waals surface area contributed by atoms with E-state index in [-0.39, 0.29) is 12.0 Å². The number of aliphatic hydroxyl groups is 1. The molecule has 2 aliphatic heterocycles. The number of aliphatic hydroxyl groups excluding tert-OH is 1. The van der Waals surface area contributed by atoms with Crippen LogP contribution in [-0.4, -0.2) is 72.7 Å². The van der Waals surface area contributed by atoms with Crippen LogP contribution in [0.4, 0.5) is 0 Å². The summed E-state index contributed by atoms with van der Waals surface area (Å²) < 4.78 is 0. The first-order valence-corrected chi connectivity index (χ1v) is 6.53. The fraction of sp³-hybridized carbons (Fsp3) is 0.917. The van der Waals surface area contributed by atoms with Crippen molar-refractivity contribution < 1.29 is 9.90 Å². The van der Waals surface area contributed by atoms with Crippen molar-refractivity contribution in [1.82, 2.24) is 15.1 Å². The number of carbonyl (C=O) groups is 1. The molecule has 0 aromatic carbocycles. The molecule has 0 aromatic rings. The molecule has 0 spiro atoms. The first kappa shape index (κ1) is 12.8. The highest BCUT2D eigenvalue weighted by atomic mass is 16.3. The molecule has 1 amide bonds. The molecule has 0 radical (unpaired) electrons. The SMILES string of the molecule is CC(=O)N1CCN(CC(O)C2CCNC2)CC1. The molecule has 5 nitrogen and oxygen atoms in total. The van der Waals surface area contributed by atoms with Crippen molar-refractivity contribution in [2.75, 3.05) is 45.8 Å². The second-order valence-electron chi connectivity index (χ2n) is 5.13. The normalized spacial score (nSPS) is 28.4. The number of nitrogens with zero attached hydrogens (tertiary/aromatic N) is 2. The summed E-state index contributed by atoms with van der Waals surface area (Å²) in [6.07, 6.45) is 0.850. The molecule has 2 aliphatic rings. The van der Waals surface area contributed by atoms with Gasteiger partial charge in [-0.25, -0.2) is 0 Å². The summed E-state index contributed by atoms with van der Waals surface area (Å²) in [5.41, 5.74) is 0. The summed E-state index contributed by atoms with van der Waals surface area (Å²) in [5.74, 6) is 0.561. The summed E-state index contributed by atoms with van der Waals surface area (Å²) in [4.78, 5) is 15.3. The van der Waals surface area contributed by atoms with E-state index in [0.717, 1.165) is 52.2 Å². The van der Waals surface area contributed by atoms with Gasteiger partial charge in [-0.3, -0.25) is 9.69 Å². The second-order valence-corrected chi connectivity index (χ2v) is 5.13. The average Bonchev–Trinajstić information content (AvgIpc) is 2.83. The number of hydrogen-bond acceptors (Lipinski definition) is 4. The monoisotopic (exact) mass is 241 g/mol. The zero-order valence-corrected chi connectivity index (χ0v) is 10.6. The Kier molecular flexibility index (Phi) is 4.36. The second kappa shape index (κ2) is 5.80. The van der Waals surface area contributed by atoms with Crippen molar-refractivity contribution in [3.05, 3.63) is 0 Å². The third-order valence-corrected chi connectivity index (χ3v) is 3.91. The van der Waals surface area contributed by atoms with Gasteiger partial charge in [-0.05, 0) is 18.9 Å². The van der Waals surface area contributed by atoms with Crippen LogP contribution in [0.3, 0.4) is 0 Å². The van der Waals surface area contributed by atoms with Crippen LogP contribution in [0.15, 0.2) is 0 Å². The Hall–Kier alpha value is -0.650. The Morgan fingerprint density at radius 3 is 2.65 bits per heavy atom. The third kappa shape index (κ3) is 3.40. The molecule has 2 unspecified atom stereocenters. The fourth-order valence-corrected chi connectivity index (χ4v) is 2.66. The number of amides is 1. The number of piperazine rings is 1. The first-order chi connectivity index (χ1) is 8.16. The van der Waals surface area contributed by atoms with Crippen molar-refractivity contribution in [3.63, 3.8) is 0 Å². The lowest BCUT2D eigenvalue weighted by atomic mass is 10.0. The smallest absolute Gasteiger partial charge is 0.219 e. The minimum absolute atomic E-state index is 0.158. The van der Waals surface area contributed by atoms with E-state index in [9.17, 15) is 9.90 Å². The lowest BCUT2D eigenvalue weighted by Gasteiger charge is -2.35. The molecule has 0 saturated carbocycles. The molecule has 0 aliphatic carbocycles. The average molecular weight is 241 g/mol. The van der Waals surface area contributed by atoms with E-state index in [0.29, 0.717) is 5.92 Å². The van der Waals surface area contributed by atoms with Gasteiger partial charge in [0, 0.05) is 46.2 Å². The lowest BCUT2D eigenvalue weighted by molar-refractivity contribution is -0.130. The maximum Gasteiger partial charge on any atom is 0.219 e. The van der Waals surface area contributed by atoms with Crippen molar-refractivity contribution in [2.45, 2.75) is 19.4 Å². The van der Waals surface area contributed by atoms with Gasteiger partial charge < -0.3 is 15.3 Å². The molecule has 17 heavy (non-hydrogen) atoms. The molecule has 98 valence electrons. The zero-order chi connectivity index (χ0) is 12.3. The Bertz CT molecular complexity index is 258. The summed E-state index contributed by atoms with van der Waals surface area (Å²) in [6, 6.07) is 0. The fourth-order valence-electron chi connectivity index (χ4n) is 2.66. The van der Waals surface area contributed by atoms with Crippen LogP contribution >= 0.6 is 0 Å². The highest BCUT2D eigenvalue weighted by molar-refractivity contribution is 5.73. The third-order valence-electron chi connectivity index (χ3n) is 3.91. The number of rotatable bonds is 3. The molecule has 2 fully saturated rings. The van der Waals surface area contributed by atoms with E-state index in [1.807, 2.05) is 4.90 Å². The van der Waals surface area contributed by atoms with Crippen molar-refractivity contribution >= 4 is 5.91 Å².